The van der Waals surface area contributed by atoms with Crippen LogP contribution < -0.4 is 5.32 Å². The van der Waals surface area contributed by atoms with Gasteiger partial charge >= 0.3 is 0 Å². The van der Waals surface area contributed by atoms with Gasteiger partial charge in [0, 0.05) is 24.6 Å². The van der Waals surface area contributed by atoms with E-state index in [0.29, 0.717) is 30.6 Å². The van der Waals surface area contributed by atoms with Crippen molar-refractivity contribution in [3.8, 4) is 0 Å². The van der Waals surface area contributed by atoms with E-state index in [2.05, 4.69) is 10.3 Å². The molecule has 0 saturated heterocycles. The lowest BCUT2D eigenvalue weighted by atomic mass is 10.1. The van der Waals surface area contributed by atoms with Crippen molar-refractivity contribution in [3.63, 3.8) is 0 Å². The molecular weight excluding hydrogens is 422 g/mol. The third-order valence-electron chi connectivity index (χ3n) is 6.46. The summed E-state index contributed by atoms with van der Waals surface area (Å²) in [6.45, 7) is 6.29. The van der Waals surface area contributed by atoms with Crippen molar-refractivity contribution in [2.75, 3.05) is 5.32 Å². The van der Waals surface area contributed by atoms with E-state index >= 15 is 0 Å². The van der Waals surface area contributed by atoms with Crippen LogP contribution in [0.2, 0.25) is 0 Å². The highest BCUT2D eigenvalue weighted by Gasteiger charge is 2.53. The highest BCUT2D eigenvalue weighted by molar-refractivity contribution is 7.93. The van der Waals surface area contributed by atoms with Crippen LogP contribution in [0.1, 0.15) is 48.2 Å². The molecule has 6 nitrogen and oxygen atoms in total. The minimum atomic E-state index is -3.84. The molecule has 0 bridgehead atoms. The molecule has 7 heteroatoms. The van der Waals surface area contributed by atoms with E-state index in [9.17, 15) is 13.2 Å². The lowest BCUT2D eigenvalue weighted by Gasteiger charge is -2.28. The van der Waals surface area contributed by atoms with Gasteiger partial charge in [-0.2, -0.15) is 0 Å². The van der Waals surface area contributed by atoms with Gasteiger partial charge in [-0.25, -0.2) is 13.4 Å². The molecular formula is C25H29N3O3S. The molecule has 1 heterocycles. The molecule has 0 spiro atoms. The number of amides is 1. The monoisotopic (exact) mass is 451 g/mol. The van der Waals surface area contributed by atoms with Gasteiger partial charge in [0.25, 0.3) is 0 Å². The molecule has 3 aromatic rings. The van der Waals surface area contributed by atoms with Crippen LogP contribution >= 0.6 is 0 Å². The number of hydrogen-bond acceptors (Lipinski definition) is 4. The number of rotatable bonds is 6. The molecule has 1 aliphatic carbocycles. The van der Waals surface area contributed by atoms with Gasteiger partial charge in [0.15, 0.2) is 14.6 Å². The normalized spacial score (nSPS) is 15.6. The number of aromatic nitrogens is 2. The standard InChI is InChI=1S/C25H29N3O3S/c1-18-6-7-19(2)23(16-18)32(30,31)25(12-4-5-13-25)24(29)27-22-10-8-21(9-11-22)17-28-15-14-26-20(28)3/h6-11,14-16H,4-5,12-13,17H2,1-3H3,(H,27,29). The van der Waals surface area contributed by atoms with Crippen LogP contribution in [-0.4, -0.2) is 28.6 Å². The lowest BCUT2D eigenvalue weighted by Crippen LogP contribution is -2.47. The fourth-order valence-electron chi connectivity index (χ4n) is 4.48. The van der Waals surface area contributed by atoms with Gasteiger partial charge in [0.05, 0.1) is 4.90 Å². The average molecular weight is 452 g/mol. The van der Waals surface area contributed by atoms with Gasteiger partial charge in [-0.15, -0.1) is 0 Å². The second kappa shape index (κ2) is 8.54. The Kier molecular flexibility index (Phi) is 5.95. The number of carbonyl (C=O) groups excluding carboxylic acids is 1. The van der Waals surface area contributed by atoms with Crippen LogP contribution in [0.4, 0.5) is 5.69 Å². The van der Waals surface area contributed by atoms with Crippen LogP contribution in [0.25, 0.3) is 0 Å². The van der Waals surface area contributed by atoms with E-state index in [1.54, 1.807) is 19.2 Å². The Morgan fingerprint density at radius 2 is 1.75 bits per heavy atom. The Balaban J connectivity index is 1.59. The second-order valence-corrected chi connectivity index (χ2v) is 11.0. The van der Waals surface area contributed by atoms with E-state index in [1.165, 1.54) is 0 Å². The van der Waals surface area contributed by atoms with Crippen molar-refractivity contribution >= 4 is 21.4 Å². The average Bonchev–Trinajstić information content (AvgIpc) is 3.42. The quantitative estimate of drug-likeness (QED) is 0.595. The molecule has 1 fully saturated rings. The Labute approximate surface area is 189 Å². The first-order valence-electron chi connectivity index (χ1n) is 10.9. The van der Waals surface area contributed by atoms with E-state index in [0.717, 1.165) is 29.8 Å². The summed E-state index contributed by atoms with van der Waals surface area (Å²) in [6, 6.07) is 12.9. The zero-order valence-corrected chi connectivity index (χ0v) is 19.6. The lowest BCUT2D eigenvalue weighted by molar-refractivity contribution is -0.118. The number of benzene rings is 2. The molecule has 0 aliphatic heterocycles. The van der Waals surface area contributed by atoms with Crippen LogP contribution in [0.15, 0.2) is 59.8 Å². The summed E-state index contributed by atoms with van der Waals surface area (Å²) in [5.74, 6) is 0.497. The van der Waals surface area contributed by atoms with Crippen molar-refractivity contribution < 1.29 is 13.2 Å². The van der Waals surface area contributed by atoms with E-state index in [-0.39, 0.29) is 4.90 Å². The predicted octanol–water partition coefficient (Wildman–Crippen LogP) is 4.58. The SMILES string of the molecule is Cc1ccc(C)c(S(=O)(=O)C2(C(=O)Nc3ccc(Cn4ccnc4C)cc3)CCCC2)c1. The molecule has 4 rings (SSSR count). The number of carbonyl (C=O) groups is 1. The van der Waals surface area contributed by atoms with Crippen LogP contribution in [0, 0.1) is 20.8 Å². The van der Waals surface area contributed by atoms with E-state index in [4.69, 9.17) is 0 Å². The van der Waals surface area contributed by atoms with Crippen molar-refractivity contribution in [1.29, 1.82) is 0 Å². The number of sulfone groups is 1. The summed E-state index contributed by atoms with van der Waals surface area (Å²) in [7, 11) is -3.84. The summed E-state index contributed by atoms with van der Waals surface area (Å²) >= 11 is 0. The highest BCUT2D eigenvalue weighted by Crippen LogP contribution is 2.42. The number of imidazole rings is 1. The number of nitrogens with zero attached hydrogens (tertiary/aromatic N) is 2. The van der Waals surface area contributed by atoms with E-state index in [1.807, 2.05) is 61.0 Å². The Hall–Kier alpha value is -2.93. The Morgan fingerprint density at radius 3 is 2.38 bits per heavy atom. The summed E-state index contributed by atoms with van der Waals surface area (Å²) in [5, 5.41) is 2.89. The topological polar surface area (TPSA) is 81.1 Å². The maximum atomic E-state index is 13.8. The molecule has 32 heavy (non-hydrogen) atoms. The molecule has 2 aromatic carbocycles. The van der Waals surface area contributed by atoms with Crippen molar-refractivity contribution in [2.45, 2.75) is 62.6 Å². The van der Waals surface area contributed by atoms with Crippen LogP contribution in [0.5, 0.6) is 0 Å². The van der Waals surface area contributed by atoms with Crippen LogP contribution in [0.3, 0.4) is 0 Å². The molecule has 168 valence electrons. The molecule has 0 radical (unpaired) electrons. The molecule has 1 N–H and O–H groups in total. The summed E-state index contributed by atoms with van der Waals surface area (Å²) in [6.07, 6.45) is 5.81. The van der Waals surface area contributed by atoms with Crippen molar-refractivity contribution in [3.05, 3.63) is 77.4 Å². The highest BCUT2D eigenvalue weighted by atomic mass is 32.2. The summed E-state index contributed by atoms with van der Waals surface area (Å²) < 4.78 is 28.1. The molecule has 1 aromatic heterocycles. The minimum Gasteiger partial charge on any atom is -0.331 e. The molecule has 0 unspecified atom stereocenters. The van der Waals surface area contributed by atoms with Gasteiger partial charge in [0.2, 0.25) is 5.91 Å². The number of aryl methyl sites for hydroxylation is 3. The summed E-state index contributed by atoms with van der Waals surface area (Å²) in [4.78, 5) is 17.9. The largest absolute Gasteiger partial charge is 0.331 e. The second-order valence-electron chi connectivity index (χ2n) is 8.73. The number of hydrogen-bond donors (Lipinski definition) is 1. The first-order chi connectivity index (χ1) is 15.2. The Morgan fingerprint density at radius 1 is 1.06 bits per heavy atom. The Bertz CT molecular complexity index is 1240. The zero-order chi connectivity index (χ0) is 22.9. The molecule has 0 atom stereocenters. The van der Waals surface area contributed by atoms with Gasteiger partial charge in [-0.1, -0.05) is 37.1 Å². The molecule has 1 amide bonds. The first-order valence-corrected chi connectivity index (χ1v) is 12.4. The molecule has 1 aliphatic rings. The third-order valence-corrected chi connectivity index (χ3v) is 9.10. The van der Waals surface area contributed by atoms with Gasteiger partial charge in [0.1, 0.15) is 5.82 Å². The third kappa shape index (κ3) is 3.97. The van der Waals surface area contributed by atoms with Gasteiger partial charge in [-0.3, -0.25) is 4.79 Å². The zero-order valence-electron chi connectivity index (χ0n) is 18.8. The first kappa shape index (κ1) is 22.3. The number of anilines is 1. The maximum Gasteiger partial charge on any atom is 0.246 e. The van der Waals surface area contributed by atoms with Crippen LogP contribution in [-0.2, 0) is 21.2 Å². The minimum absolute atomic E-state index is 0.264. The van der Waals surface area contributed by atoms with Gasteiger partial charge in [-0.05, 0) is 68.5 Å². The van der Waals surface area contributed by atoms with Gasteiger partial charge < -0.3 is 9.88 Å². The predicted molar refractivity (Wildman–Crippen MR) is 125 cm³/mol. The van der Waals surface area contributed by atoms with E-state index < -0.39 is 20.5 Å². The fourth-order valence-corrected chi connectivity index (χ4v) is 6.85. The fraction of sp³-hybridized carbons (Fsp3) is 0.360. The molecule has 1 saturated carbocycles. The smallest absolute Gasteiger partial charge is 0.246 e. The van der Waals surface area contributed by atoms with Crippen molar-refractivity contribution in [1.82, 2.24) is 9.55 Å². The number of nitrogens with one attached hydrogen (secondary N) is 1. The maximum absolute atomic E-state index is 13.8. The van der Waals surface area contributed by atoms with Crippen molar-refractivity contribution in [2.24, 2.45) is 0 Å². The summed E-state index contributed by atoms with van der Waals surface area (Å²) in [5.41, 5.74) is 3.21.